The van der Waals surface area contributed by atoms with Crippen LogP contribution in [0, 0.1) is 0 Å². The maximum absolute atomic E-state index is 6.14. The van der Waals surface area contributed by atoms with E-state index >= 15 is 0 Å². The van der Waals surface area contributed by atoms with Gasteiger partial charge in [-0.1, -0.05) is 13.0 Å². The third kappa shape index (κ3) is 3.48. The molecule has 1 unspecified atom stereocenters. The Morgan fingerprint density at radius 1 is 1.26 bits per heavy atom. The molecule has 0 saturated carbocycles. The monoisotopic (exact) mass is 258 g/mol. The minimum atomic E-state index is -0.211. The number of aromatic nitrogens is 3. The summed E-state index contributed by atoms with van der Waals surface area (Å²) in [6.07, 6.45) is 4.98. The molecule has 2 aromatic rings. The number of rotatable bonds is 5. The fourth-order valence-electron chi connectivity index (χ4n) is 1.78. The van der Waals surface area contributed by atoms with Crippen molar-refractivity contribution in [3.63, 3.8) is 0 Å². The van der Waals surface area contributed by atoms with Crippen LogP contribution in [0.15, 0.2) is 30.7 Å². The van der Waals surface area contributed by atoms with Crippen molar-refractivity contribution >= 4 is 0 Å². The molecule has 1 atom stereocenters. The molecule has 0 radical (unpaired) electrons. The zero-order valence-electron chi connectivity index (χ0n) is 11.2. The zero-order chi connectivity index (χ0) is 13.7. The lowest BCUT2D eigenvalue weighted by Gasteiger charge is -2.11. The average Bonchev–Trinajstić information content (AvgIpc) is 2.48. The molecule has 2 N–H and O–H groups in total. The molecule has 5 heteroatoms. The van der Waals surface area contributed by atoms with Gasteiger partial charge < -0.3 is 10.5 Å². The van der Waals surface area contributed by atoms with Gasteiger partial charge in [0.1, 0.15) is 6.33 Å². The molecule has 5 nitrogen and oxygen atoms in total. The molecule has 2 aromatic heterocycles. The largest absolute Gasteiger partial charge is 0.481 e. The highest BCUT2D eigenvalue weighted by atomic mass is 16.5. The molecule has 0 bridgehead atoms. The van der Waals surface area contributed by atoms with Crippen LogP contribution >= 0.6 is 0 Å². The molecule has 19 heavy (non-hydrogen) atoms. The first kappa shape index (κ1) is 13.4. The Bertz CT molecular complexity index is 527. The molecule has 0 fully saturated rings. The van der Waals surface area contributed by atoms with E-state index in [1.165, 1.54) is 11.9 Å². The van der Waals surface area contributed by atoms with E-state index < -0.39 is 0 Å². The Kier molecular flexibility index (Phi) is 4.41. The highest BCUT2D eigenvalue weighted by Crippen LogP contribution is 2.16. The van der Waals surface area contributed by atoms with E-state index in [1.54, 1.807) is 13.2 Å². The summed E-state index contributed by atoms with van der Waals surface area (Å²) in [5, 5.41) is 0. The van der Waals surface area contributed by atoms with Gasteiger partial charge >= 0.3 is 0 Å². The van der Waals surface area contributed by atoms with E-state index in [4.69, 9.17) is 10.5 Å². The summed E-state index contributed by atoms with van der Waals surface area (Å²) < 4.78 is 5.06. The first-order valence-electron chi connectivity index (χ1n) is 6.28. The predicted molar refractivity (Wildman–Crippen MR) is 72.8 cm³/mol. The Hall–Kier alpha value is -2.01. The lowest BCUT2D eigenvalue weighted by atomic mass is 10.1. The first-order chi connectivity index (χ1) is 9.22. The second-order valence-corrected chi connectivity index (χ2v) is 4.31. The van der Waals surface area contributed by atoms with Gasteiger partial charge in [0.15, 0.2) is 0 Å². The molecule has 0 saturated heterocycles. The molecule has 100 valence electrons. The van der Waals surface area contributed by atoms with Crippen molar-refractivity contribution in [2.45, 2.75) is 25.8 Å². The van der Waals surface area contributed by atoms with Crippen molar-refractivity contribution < 1.29 is 4.74 Å². The summed E-state index contributed by atoms with van der Waals surface area (Å²) in [5.41, 5.74) is 9.08. The molecule has 0 spiro atoms. The second kappa shape index (κ2) is 6.24. The van der Waals surface area contributed by atoms with Crippen LogP contribution in [0.25, 0.3) is 0 Å². The van der Waals surface area contributed by atoms with Crippen LogP contribution in [-0.4, -0.2) is 22.1 Å². The summed E-state index contributed by atoms with van der Waals surface area (Å²) in [6, 6.07) is 5.63. The summed E-state index contributed by atoms with van der Waals surface area (Å²) in [4.78, 5) is 12.5. The number of hydrogen-bond acceptors (Lipinski definition) is 5. The van der Waals surface area contributed by atoms with Crippen LogP contribution in [0.1, 0.15) is 29.9 Å². The van der Waals surface area contributed by atoms with Gasteiger partial charge in [0.25, 0.3) is 0 Å². The predicted octanol–water partition coefficient (Wildman–Crippen LogP) is 1.69. The highest BCUT2D eigenvalue weighted by molar-refractivity contribution is 5.20. The van der Waals surface area contributed by atoms with E-state index in [0.29, 0.717) is 12.3 Å². The minimum Gasteiger partial charge on any atom is -0.481 e. The number of hydrogen-bond donors (Lipinski definition) is 1. The van der Waals surface area contributed by atoms with Crippen molar-refractivity contribution in [1.82, 2.24) is 15.0 Å². The number of nitrogens with zero attached hydrogens (tertiary/aromatic N) is 3. The summed E-state index contributed by atoms with van der Waals surface area (Å²) >= 11 is 0. The van der Waals surface area contributed by atoms with Gasteiger partial charge in [-0.25, -0.2) is 9.97 Å². The molecule has 0 aliphatic carbocycles. The maximum Gasteiger partial charge on any atom is 0.216 e. The van der Waals surface area contributed by atoms with Gasteiger partial charge in [-0.05, 0) is 18.1 Å². The summed E-state index contributed by atoms with van der Waals surface area (Å²) in [5.74, 6) is 0.523. The molecule has 0 aromatic carbocycles. The first-order valence-corrected chi connectivity index (χ1v) is 6.28. The van der Waals surface area contributed by atoms with Gasteiger partial charge in [0, 0.05) is 24.4 Å². The molecule has 0 aliphatic rings. The van der Waals surface area contributed by atoms with Crippen LogP contribution < -0.4 is 10.5 Å². The lowest BCUT2D eigenvalue weighted by Crippen LogP contribution is -2.16. The summed E-state index contributed by atoms with van der Waals surface area (Å²) in [6.45, 7) is 2.11. The minimum absolute atomic E-state index is 0.211. The van der Waals surface area contributed by atoms with Crippen molar-refractivity contribution in [1.29, 1.82) is 0 Å². The van der Waals surface area contributed by atoms with Crippen molar-refractivity contribution in [2.75, 3.05) is 7.11 Å². The van der Waals surface area contributed by atoms with Crippen LogP contribution in [-0.2, 0) is 12.8 Å². The number of methoxy groups -OCH3 is 1. The maximum atomic E-state index is 6.14. The molecule has 0 aliphatic heterocycles. The van der Waals surface area contributed by atoms with Crippen molar-refractivity contribution in [3.05, 3.63) is 47.7 Å². The third-order valence-corrected chi connectivity index (χ3v) is 2.98. The average molecular weight is 258 g/mol. The standard InChI is InChI=1S/C14H18N4O/c1-3-10-4-5-11(16-8-10)6-12(15)13-7-14(19-2)18-9-17-13/h4-5,7-9,12H,3,6,15H2,1-2H3. The zero-order valence-corrected chi connectivity index (χ0v) is 11.2. The lowest BCUT2D eigenvalue weighted by molar-refractivity contribution is 0.395. The Balaban J connectivity index is 2.08. The normalized spacial score (nSPS) is 12.2. The molecular formula is C14H18N4O. The fourth-order valence-corrected chi connectivity index (χ4v) is 1.78. The second-order valence-electron chi connectivity index (χ2n) is 4.31. The third-order valence-electron chi connectivity index (χ3n) is 2.98. The summed E-state index contributed by atoms with van der Waals surface area (Å²) in [7, 11) is 1.57. The number of aryl methyl sites for hydroxylation is 1. The highest BCUT2D eigenvalue weighted by Gasteiger charge is 2.11. The smallest absolute Gasteiger partial charge is 0.216 e. The van der Waals surface area contributed by atoms with E-state index in [1.807, 2.05) is 12.3 Å². The van der Waals surface area contributed by atoms with Gasteiger partial charge in [0.2, 0.25) is 5.88 Å². The van der Waals surface area contributed by atoms with Crippen molar-refractivity contribution in [3.8, 4) is 5.88 Å². The van der Waals surface area contributed by atoms with Crippen LogP contribution in [0.5, 0.6) is 5.88 Å². The molecule has 2 heterocycles. The SMILES string of the molecule is CCc1ccc(CC(N)c2cc(OC)ncn2)nc1. The fraction of sp³-hybridized carbons (Fsp3) is 0.357. The topological polar surface area (TPSA) is 73.9 Å². The number of ether oxygens (including phenoxy) is 1. The number of pyridine rings is 1. The van der Waals surface area contributed by atoms with Gasteiger partial charge in [-0.3, -0.25) is 4.98 Å². The Labute approximate surface area is 112 Å². The van der Waals surface area contributed by atoms with Crippen molar-refractivity contribution in [2.24, 2.45) is 5.73 Å². The van der Waals surface area contributed by atoms with Gasteiger partial charge in [-0.2, -0.15) is 0 Å². The molecular weight excluding hydrogens is 240 g/mol. The van der Waals surface area contributed by atoms with Gasteiger partial charge in [0.05, 0.1) is 18.8 Å². The molecule has 2 rings (SSSR count). The van der Waals surface area contributed by atoms with E-state index in [9.17, 15) is 0 Å². The Morgan fingerprint density at radius 3 is 2.74 bits per heavy atom. The van der Waals surface area contributed by atoms with E-state index in [2.05, 4.69) is 27.9 Å². The Morgan fingerprint density at radius 2 is 2.11 bits per heavy atom. The van der Waals surface area contributed by atoms with Crippen LogP contribution in [0.3, 0.4) is 0 Å². The number of nitrogens with two attached hydrogens (primary N) is 1. The van der Waals surface area contributed by atoms with E-state index in [-0.39, 0.29) is 6.04 Å². The quantitative estimate of drug-likeness (QED) is 0.883. The van der Waals surface area contributed by atoms with Gasteiger partial charge in [-0.15, -0.1) is 0 Å². The molecule has 0 amide bonds. The van der Waals surface area contributed by atoms with Crippen LogP contribution in [0.4, 0.5) is 0 Å². The van der Waals surface area contributed by atoms with Crippen LogP contribution in [0.2, 0.25) is 0 Å². The van der Waals surface area contributed by atoms with E-state index in [0.717, 1.165) is 17.8 Å².